The van der Waals surface area contributed by atoms with Crippen LogP contribution in [0.4, 0.5) is 0 Å². The third-order valence-corrected chi connectivity index (χ3v) is 6.41. The fourth-order valence-corrected chi connectivity index (χ4v) is 4.67. The van der Waals surface area contributed by atoms with Crippen LogP contribution >= 0.6 is 27.3 Å². The molecule has 0 aliphatic rings. The van der Waals surface area contributed by atoms with Gasteiger partial charge < -0.3 is 5.32 Å². The summed E-state index contributed by atoms with van der Waals surface area (Å²) < 4.78 is 26.3. The van der Waals surface area contributed by atoms with Gasteiger partial charge in [0.1, 0.15) is 4.21 Å². The molecule has 0 fully saturated rings. The zero-order valence-electron chi connectivity index (χ0n) is 8.53. The number of likely N-dealkylation sites (N-methyl/N-ethyl adjacent to an activating group) is 2. The number of sulfonamides is 1. The highest BCUT2D eigenvalue weighted by Gasteiger charge is 2.23. The molecule has 0 radical (unpaired) electrons. The Morgan fingerprint density at radius 1 is 1.60 bits per heavy atom. The van der Waals surface area contributed by atoms with Gasteiger partial charge in [-0.2, -0.15) is 4.31 Å². The van der Waals surface area contributed by atoms with Gasteiger partial charge in [0, 0.05) is 24.6 Å². The van der Waals surface area contributed by atoms with Gasteiger partial charge in [-0.1, -0.05) is 0 Å². The number of hydrogen-bond donors (Lipinski definition) is 1. The zero-order valence-corrected chi connectivity index (χ0v) is 11.7. The van der Waals surface area contributed by atoms with Gasteiger partial charge in [-0.3, -0.25) is 0 Å². The summed E-state index contributed by atoms with van der Waals surface area (Å²) >= 11 is 4.45. The first-order chi connectivity index (χ1) is 7.00. The lowest BCUT2D eigenvalue weighted by Crippen LogP contribution is -2.32. The van der Waals surface area contributed by atoms with E-state index in [1.165, 1.54) is 15.6 Å². The molecule has 1 N–H and O–H groups in total. The molecule has 0 saturated heterocycles. The van der Waals surface area contributed by atoms with Crippen molar-refractivity contribution in [2.75, 3.05) is 27.2 Å². The van der Waals surface area contributed by atoms with Crippen molar-refractivity contribution in [1.29, 1.82) is 0 Å². The monoisotopic (exact) mass is 312 g/mol. The van der Waals surface area contributed by atoms with Gasteiger partial charge in [0.05, 0.1) is 0 Å². The van der Waals surface area contributed by atoms with E-state index < -0.39 is 10.0 Å². The third-order valence-electron chi connectivity index (χ3n) is 1.91. The number of hydrogen-bond acceptors (Lipinski definition) is 4. The minimum absolute atomic E-state index is 0.362. The number of halogens is 1. The zero-order chi connectivity index (χ0) is 11.5. The Hall–Kier alpha value is 0.0500. The topological polar surface area (TPSA) is 49.4 Å². The molecule has 0 aliphatic carbocycles. The molecule has 86 valence electrons. The van der Waals surface area contributed by atoms with Crippen LogP contribution in [-0.2, 0) is 10.0 Å². The number of thiophene rings is 1. The maximum atomic E-state index is 12.0. The standard InChI is InChI=1S/C8H13BrN2O2S2/c1-10-4-5-11(2)15(12,13)8-7(9)3-6-14-8/h3,6,10H,4-5H2,1-2H3. The molecule has 0 amide bonds. The fraction of sp³-hybridized carbons (Fsp3) is 0.500. The molecule has 0 aromatic carbocycles. The summed E-state index contributed by atoms with van der Waals surface area (Å²) in [6.07, 6.45) is 0. The van der Waals surface area contributed by atoms with Crippen molar-refractivity contribution in [1.82, 2.24) is 9.62 Å². The highest BCUT2D eigenvalue weighted by molar-refractivity contribution is 9.10. The summed E-state index contributed by atoms with van der Waals surface area (Å²) in [6.45, 7) is 1.10. The van der Waals surface area contributed by atoms with Gasteiger partial charge in [-0.25, -0.2) is 8.42 Å². The molecule has 1 aromatic heterocycles. The normalized spacial score (nSPS) is 12.3. The average molecular weight is 313 g/mol. The number of rotatable bonds is 5. The summed E-state index contributed by atoms with van der Waals surface area (Å²) in [6, 6.07) is 1.74. The van der Waals surface area contributed by atoms with Crippen LogP contribution in [0.5, 0.6) is 0 Å². The third kappa shape index (κ3) is 3.01. The average Bonchev–Trinajstić information content (AvgIpc) is 2.61. The van der Waals surface area contributed by atoms with E-state index in [1.54, 1.807) is 25.5 Å². The lowest BCUT2D eigenvalue weighted by Gasteiger charge is -2.15. The highest BCUT2D eigenvalue weighted by atomic mass is 79.9. The molecule has 0 aliphatic heterocycles. The minimum atomic E-state index is -3.33. The van der Waals surface area contributed by atoms with Crippen molar-refractivity contribution in [3.63, 3.8) is 0 Å². The van der Waals surface area contributed by atoms with Crippen LogP contribution in [0.2, 0.25) is 0 Å². The van der Waals surface area contributed by atoms with Crippen LogP contribution in [0.3, 0.4) is 0 Å². The molecule has 0 atom stereocenters. The van der Waals surface area contributed by atoms with Gasteiger partial charge >= 0.3 is 0 Å². The predicted octanol–water partition coefficient (Wildman–Crippen LogP) is 1.35. The second-order valence-corrected chi connectivity index (χ2v) is 7.00. The molecule has 0 bridgehead atoms. The highest BCUT2D eigenvalue weighted by Crippen LogP contribution is 2.29. The van der Waals surface area contributed by atoms with Gasteiger partial charge in [-0.05, 0) is 34.4 Å². The number of nitrogens with one attached hydrogen (secondary N) is 1. The van der Waals surface area contributed by atoms with Crippen LogP contribution in [-0.4, -0.2) is 39.9 Å². The molecule has 0 unspecified atom stereocenters. The summed E-state index contributed by atoms with van der Waals surface area (Å²) in [7, 11) is 0.0418. The first kappa shape index (κ1) is 13.1. The summed E-state index contributed by atoms with van der Waals surface area (Å²) in [5.74, 6) is 0. The second kappa shape index (κ2) is 5.40. The Bertz CT molecular complexity index is 416. The number of nitrogens with zero attached hydrogens (tertiary/aromatic N) is 1. The first-order valence-electron chi connectivity index (χ1n) is 4.34. The quantitative estimate of drug-likeness (QED) is 0.893. The summed E-state index contributed by atoms with van der Waals surface area (Å²) in [4.78, 5) is 0. The lowest BCUT2D eigenvalue weighted by molar-refractivity contribution is 0.467. The van der Waals surface area contributed by atoms with E-state index >= 15 is 0 Å². The van der Waals surface area contributed by atoms with Gasteiger partial charge in [-0.15, -0.1) is 11.3 Å². The van der Waals surface area contributed by atoms with E-state index in [2.05, 4.69) is 21.2 Å². The molecule has 4 nitrogen and oxygen atoms in total. The Morgan fingerprint density at radius 3 is 2.73 bits per heavy atom. The van der Waals surface area contributed by atoms with E-state index in [-0.39, 0.29) is 0 Å². The molecule has 15 heavy (non-hydrogen) atoms. The molecule has 1 heterocycles. The van der Waals surface area contributed by atoms with Gasteiger partial charge in [0.15, 0.2) is 0 Å². The summed E-state index contributed by atoms with van der Waals surface area (Å²) in [5, 5.41) is 4.67. The molecular formula is C8H13BrN2O2S2. The van der Waals surface area contributed by atoms with Crippen LogP contribution in [0.25, 0.3) is 0 Å². The van der Waals surface area contributed by atoms with Crippen molar-refractivity contribution in [2.45, 2.75) is 4.21 Å². The van der Waals surface area contributed by atoms with Crippen molar-refractivity contribution < 1.29 is 8.42 Å². The van der Waals surface area contributed by atoms with E-state index in [9.17, 15) is 8.42 Å². The molecule has 7 heteroatoms. The van der Waals surface area contributed by atoms with Crippen LogP contribution in [0.15, 0.2) is 20.1 Å². The maximum absolute atomic E-state index is 12.0. The smallest absolute Gasteiger partial charge is 0.253 e. The largest absolute Gasteiger partial charge is 0.318 e. The van der Waals surface area contributed by atoms with Crippen LogP contribution < -0.4 is 5.32 Å². The Balaban J connectivity index is 2.88. The van der Waals surface area contributed by atoms with E-state index in [4.69, 9.17) is 0 Å². The minimum Gasteiger partial charge on any atom is -0.318 e. The molecule has 1 rings (SSSR count). The molecule has 0 saturated carbocycles. The van der Waals surface area contributed by atoms with E-state index in [1.807, 2.05) is 0 Å². The first-order valence-corrected chi connectivity index (χ1v) is 7.45. The van der Waals surface area contributed by atoms with E-state index in [0.717, 1.165) is 0 Å². The van der Waals surface area contributed by atoms with Crippen molar-refractivity contribution in [3.8, 4) is 0 Å². The predicted molar refractivity (Wildman–Crippen MR) is 65.8 cm³/mol. The lowest BCUT2D eigenvalue weighted by atomic mass is 10.6. The van der Waals surface area contributed by atoms with Crippen molar-refractivity contribution >= 4 is 37.3 Å². The SMILES string of the molecule is CNCCN(C)S(=O)(=O)c1sccc1Br. The fourth-order valence-electron chi connectivity index (χ4n) is 0.995. The molecule has 1 aromatic rings. The molecular weight excluding hydrogens is 300 g/mol. The van der Waals surface area contributed by atoms with Crippen LogP contribution in [0.1, 0.15) is 0 Å². The Kier molecular flexibility index (Phi) is 4.72. The Morgan fingerprint density at radius 2 is 2.27 bits per heavy atom. The van der Waals surface area contributed by atoms with Crippen LogP contribution in [0, 0.1) is 0 Å². The maximum Gasteiger partial charge on any atom is 0.253 e. The molecule has 0 spiro atoms. The van der Waals surface area contributed by atoms with Gasteiger partial charge in [0.2, 0.25) is 0 Å². The Labute approximate surface area is 102 Å². The summed E-state index contributed by atoms with van der Waals surface area (Å²) in [5.41, 5.74) is 0. The van der Waals surface area contributed by atoms with Crippen molar-refractivity contribution in [2.24, 2.45) is 0 Å². The van der Waals surface area contributed by atoms with Gasteiger partial charge in [0.25, 0.3) is 10.0 Å². The second-order valence-electron chi connectivity index (χ2n) is 2.99. The van der Waals surface area contributed by atoms with Crippen molar-refractivity contribution in [3.05, 3.63) is 15.9 Å². The van der Waals surface area contributed by atoms with E-state index in [0.29, 0.717) is 21.8 Å².